The van der Waals surface area contributed by atoms with Crippen LogP contribution in [0.3, 0.4) is 0 Å². The number of anilines is 1. The third kappa shape index (κ3) is 4.54. The van der Waals surface area contributed by atoms with E-state index in [1.807, 2.05) is 17.9 Å². The molecule has 0 saturated carbocycles. The van der Waals surface area contributed by atoms with Gasteiger partial charge in [-0.15, -0.1) is 0 Å². The van der Waals surface area contributed by atoms with Crippen LogP contribution in [0.25, 0.3) is 0 Å². The number of carbonyl (C=O) groups is 1. The summed E-state index contributed by atoms with van der Waals surface area (Å²) in [6, 6.07) is 12.8. The number of rotatable bonds is 6. The lowest BCUT2D eigenvalue weighted by molar-refractivity contribution is -0.132. The van der Waals surface area contributed by atoms with Crippen molar-refractivity contribution in [2.24, 2.45) is 5.92 Å². The van der Waals surface area contributed by atoms with E-state index in [9.17, 15) is 9.18 Å². The van der Waals surface area contributed by atoms with Crippen LogP contribution < -0.4 is 10.2 Å². The fourth-order valence-corrected chi connectivity index (χ4v) is 4.82. The largest absolute Gasteiger partial charge is 0.347 e. The molecule has 6 nitrogen and oxygen atoms in total. The molecule has 162 valence electrons. The Morgan fingerprint density at radius 3 is 2.71 bits per heavy atom. The second-order valence-electron chi connectivity index (χ2n) is 8.63. The number of nitrogens with zero attached hydrogens (tertiary/aromatic N) is 4. The molecule has 2 fully saturated rings. The van der Waals surface area contributed by atoms with E-state index in [0.717, 1.165) is 17.8 Å². The number of nitriles is 1. The topological polar surface area (TPSA) is 72.3 Å². The molecular formula is C24H28FN5O. The lowest BCUT2D eigenvalue weighted by Crippen LogP contribution is -2.56. The molecule has 2 aromatic rings. The van der Waals surface area contributed by atoms with Gasteiger partial charge in [0.05, 0.1) is 11.6 Å². The zero-order valence-corrected chi connectivity index (χ0v) is 18.0. The summed E-state index contributed by atoms with van der Waals surface area (Å²) < 4.78 is 13.1. The summed E-state index contributed by atoms with van der Waals surface area (Å²) in [5, 5.41) is 12.4. The number of hydrogen-bond acceptors (Lipinski definition) is 5. The Labute approximate surface area is 182 Å². The van der Waals surface area contributed by atoms with E-state index in [1.165, 1.54) is 12.1 Å². The fourth-order valence-electron chi connectivity index (χ4n) is 4.82. The molecule has 4 rings (SSSR count). The number of halogens is 1. The van der Waals surface area contributed by atoms with Gasteiger partial charge in [0, 0.05) is 44.3 Å². The first-order valence-corrected chi connectivity index (χ1v) is 10.9. The second-order valence-corrected chi connectivity index (χ2v) is 8.63. The van der Waals surface area contributed by atoms with Crippen LogP contribution in [0.15, 0.2) is 42.6 Å². The number of pyridine rings is 1. The van der Waals surface area contributed by atoms with Crippen molar-refractivity contribution < 1.29 is 9.18 Å². The molecule has 1 N–H and O–H groups in total. The summed E-state index contributed by atoms with van der Waals surface area (Å²) >= 11 is 0. The number of amides is 1. The maximum atomic E-state index is 13.1. The predicted molar refractivity (Wildman–Crippen MR) is 117 cm³/mol. The summed E-state index contributed by atoms with van der Waals surface area (Å²) in [7, 11) is 0. The first kappa shape index (κ1) is 21.3. The highest BCUT2D eigenvalue weighted by Crippen LogP contribution is 2.37. The molecule has 2 aliphatic heterocycles. The molecule has 2 aliphatic rings. The molecule has 7 heteroatoms. The lowest BCUT2D eigenvalue weighted by Gasteiger charge is -2.42. The number of aromatic nitrogens is 1. The molecule has 1 aromatic heterocycles. The number of likely N-dealkylation sites (tertiary alicyclic amines) is 1. The zero-order valence-electron chi connectivity index (χ0n) is 18.0. The maximum absolute atomic E-state index is 13.1. The normalized spacial score (nSPS) is 23.5. The SMILES string of the molecule is C[C@@H](NCCC(=O)N1CC2C[C@H](C)C(C1)N2c1ccc(C#N)cn1)c1ccc(F)cc1. The molecule has 3 heterocycles. The van der Waals surface area contributed by atoms with Gasteiger partial charge in [-0.3, -0.25) is 4.79 Å². The van der Waals surface area contributed by atoms with Gasteiger partial charge in [0.15, 0.2) is 0 Å². The van der Waals surface area contributed by atoms with E-state index >= 15 is 0 Å². The van der Waals surface area contributed by atoms with Crippen molar-refractivity contribution >= 4 is 11.7 Å². The zero-order chi connectivity index (χ0) is 22.0. The Balaban J connectivity index is 1.32. The first-order chi connectivity index (χ1) is 15.0. The third-order valence-corrected chi connectivity index (χ3v) is 6.54. The molecule has 2 unspecified atom stereocenters. The van der Waals surface area contributed by atoms with Crippen molar-refractivity contribution in [1.82, 2.24) is 15.2 Å². The molecule has 4 atom stereocenters. The summed E-state index contributed by atoms with van der Waals surface area (Å²) in [5.74, 6) is 1.29. The number of carbonyl (C=O) groups excluding carboxylic acids is 1. The molecule has 2 bridgehead atoms. The van der Waals surface area contributed by atoms with Crippen molar-refractivity contribution in [3.8, 4) is 6.07 Å². The third-order valence-electron chi connectivity index (χ3n) is 6.54. The van der Waals surface area contributed by atoms with Crippen LogP contribution in [-0.4, -0.2) is 47.5 Å². The minimum atomic E-state index is -0.245. The minimum absolute atomic E-state index is 0.0592. The molecule has 0 aliphatic carbocycles. The first-order valence-electron chi connectivity index (χ1n) is 10.9. The van der Waals surface area contributed by atoms with Crippen molar-refractivity contribution in [1.29, 1.82) is 5.26 Å². The van der Waals surface area contributed by atoms with Crippen LogP contribution >= 0.6 is 0 Å². The van der Waals surface area contributed by atoms with Crippen molar-refractivity contribution in [3.05, 3.63) is 59.5 Å². The van der Waals surface area contributed by atoms with Crippen LogP contribution in [0.2, 0.25) is 0 Å². The van der Waals surface area contributed by atoms with E-state index < -0.39 is 0 Å². The summed E-state index contributed by atoms with van der Waals surface area (Å²) in [5.41, 5.74) is 1.56. The van der Waals surface area contributed by atoms with Gasteiger partial charge >= 0.3 is 0 Å². The van der Waals surface area contributed by atoms with E-state index in [4.69, 9.17) is 5.26 Å². The van der Waals surface area contributed by atoms with E-state index in [1.54, 1.807) is 24.4 Å². The van der Waals surface area contributed by atoms with E-state index in [2.05, 4.69) is 28.2 Å². The molecule has 0 spiro atoms. The predicted octanol–water partition coefficient (Wildman–Crippen LogP) is 3.26. The molecule has 1 amide bonds. The summed E-state index contributed by atoms with van der Waals surface area (Å²) in [6.45, 7) is 6.24. The van der Waals surface area contributed by atoms with Gasteiger partial charge in [-0.1, -0.05) is 19.1 Å². The van der Waals surface area contributed by atoms with Crippen molar-refractivity contribution in [3.63, 3.8) is 0 Å². The molecular weight excluding hydrogens is 393 g/mol. The smallest absolute Gasteiger partial charge is 0.223 e. The minimum Gasteiger partial charge on any atom is -0.347 e. The highest BCUT2D eigenvalue weighted by molar-refractivity contribution is 5.77. The molecule has 0 radical (unpaired) electrons. The second kappa shape index (κ2) is 9.03. The lowest BCUT2D eigenvalue weighted by atomic mass is 10.0. The highest BCUT2D eigenvalue weighted by atomic mass is 19.1. The Hall–Kier alpha value is -2.98. The Morgan fingerprint density at radius 1 is 1.29 bits per heavy atom. The quantitative estimate of drug-likeness (QED) is 0.775. The van der Waals surface area contributed by atoms with Crippen molar-refractivity contribution in [2.75, 3.05) is 24.5 Å². The van der Waals surface area contributed by atoms with E-state index in [0.29, 0.717) is 37.5 Å². The molecule has 1 aromatic carbocycles. The van der Waals surface area contributed by atoms with Crippen LogP contribution in [0.5, 0.6) is 0 Å². The van der Waals surface area contributed by atoms with Gasteiger partial charge in [-0.05, 0) is 49.1 Å². The Morgan fingerprint density at radius 2 is 2.06 bits per heavy atom. The van der Waals surface area contributed by atoms with Crippen LogP contribution in [0.4, 0.5) is 10.2 Å². The van der Waals surface area contributed by atoms with E-state index in [-0.39, 0.29) is 29.8 Å². The molecule has 31 heavy (non-hydrogen) atoms. The fraction of sp³-hybridized carbons (Fsp3) is 0.458. The monoisotopic (exact) mass is 421 g/mol. The Kier molecular flexibility index (Phi) is 6.19. The number of fused-ring (bicyclic) bond motifs is 2. The van der Waals surface area contributed by atoms with Gasteiger partial charge < -0.3 is 15.1 Å². The van der Waals surface area contributed by atoms with Gasteiger partial charge in [0.1, 0.15) is 17.7 Å². The number of nitrogens with one attached hydrogen (secondary N) is 1. The number of piperazine rings is 1. The van der Waals surface area contributed by atoms with Crippen molar-refractivity contribution in [2.45, 2.75) is 44.8 Å². The van der Waals surface area contributed by atoms with Gasteiger partial charge in [0.25, 0.3) is 0 Å². The molecule has 2 saturated heterocycles. The maximum Gasteiger partial charge on any atom is 0.223 e. The summed E-state index contributed by atoms with van der Waals surface area (Å²) in [4.78, 5) is 21.7. The highest BCUT2D eigenvalue weighted by Gasteiger charge is 2.45. The standard InChI is InChI=1S/C24H28FN5O/c1-16-11-21-14-29(15-22(16)30(21)23-8-3-18(12-26)13-28-23)24(31)9-10-27-17(2)19-4-6-20(25)7-5-19/h3-8,13,16-17,21-22,27H,9-11,14-15H2,1-2H3/t16-,17+,21?,22?/m0/s1. The number of hydrogen-bond donors (Lipinski definition) is 1. The van der Waals surface area contributed by atoms with Crippen LogP contribution in [0.1, 0.15) is 43.9 Å². The number of benzene rings is 1. The average Bonchev–Trinajstić information content (AvgIpc) is 2.98. The van der Waals surface area contributed by atoms with Crippen LogP contribution in [-0.2, 0) is 4.79 Å². The van der Waals surface area contributed by atoms with Gasteiger partial charge in [-0.2, -0.15) is 5.26 Å². The average molecular weight is 422 g/mol. The summed E-state index contributed by atoms with van der Waals surface area (Å²) in [6.07, 6.45) is 3.09. The van der Waals surface area contributed by atoms with Crippen LogP contribution in [0, 0.1) is 23.1 Å². The van der Waals surface area contributed by atoms with Gasteiger partial charge in [0.2, 0.25) is 5.91 Å². The Bertz CT molecular complexity index is 955. The van der Waals surface area contributed by atoms with Gasteiger partial charge in [-0.25, -0.2) is 9.37 Å².